The van der Waals surface area contributed by atoms with Gasteiger partial charge in [0.1, 0.15) is 22.8 Å². The summed E-state index contributed by atoms with van der Waals surface area (Å²) in [6.45, 7) is 43.7. The van der Waals surface area contributed by atoms with Crippen molar-refractivity contribution in [3.8, 4) is 0 Å². The van der Waals surface area contributed by atoms with Crippen LogP contribution < -0.4 is 87.1 Å². The molecule has 2 aromatic carbocycles. The molecule has 0 saturated carbocycles. The van der Waals surface area contributed by atoms with Gasteiger partial charge in [0, 0.05) is 172 Å². The molecule has 7 N–H and O–H groups in total. The Hall–Kier alpha value is -7.72. The van der Waals surface area contributed by atoms with Gasteiger partial charge in [0.2, 0.25) is 0 Å². The van der Waals surface area contributed by atoms with Crippen molar-refractivity contribution >= 4 is 80.0 Å². The number of aryl methyl sites for hydroxylation is 4. The number of nitrogens with one attached hydrogen (secondary N) is 5. The number of rotatable bonds is 16. The number of carbonyl (C=O) groups excluding carboxylic acids is 4. The molecule has 0 aliphatic carbocycles. The summed E-state index contributed by atoms with van der Waals surface area (Å²) in [5.41, 5.74) is 14.5. The van der Waals surface area contributed by atoms with Crippen LogP contribution in [0.1, 0.15) is 162 Å². The average molecular weight is 1540 g/mol. The van der Waals surface area contributed by atoms with Gasteiger partial charge in [-0.2, -0.15) is 0 Å². The van der Waals surface area contributed by atoms with E-state index in [9.17, 15) is 33.9 Å². The first-order chi connectivity index (χ1) is 48.8. The van der Waals surface area contributed by atoms with Crippen LogP contribution in [0.2, 0.25) is 0 Å². The summed E-state index contributed by atoms with van der Waals surface area (Å²) in [5, 5.41) is 19.5. The van der Waals surface area contributed by atoms with Crippen molar-refractivity contribution in [2.24, 2.45) is 0 Å². The summed E-state index contributed by atoms with van der Waals surface area (Å²) in [6.07, 6.45) is 4.52. The van der Waals surface area contributed by atoms with E-state index in [0.717, 1.165) is 150 Å². The third kappa shape index (κ3) is 26.3. The Morgan fingerprint density at radius 1 is 0.585 bits per heavy atom. The zero-order chi connectivity index (χ0) is 76.7. The molecule has 4 saturated heterocycles. The van der Waals surface area contributed by atoms with Gasteiger partial charge in [-0.3, -0.25) is 19.2 Å². The molecule has 0 spiro atoms. The number of hydrogen-bond donors (Lipinski definition) is 6. The molecule has 4 amide bonds. The van der Waals surface area contributed by atoms with Crippen LogP contribution in [0.3, 0.4) is 0 Å². The Morgan fingerprint density at radius 2 is 0.981 bits per heavy atom. The molecule has 4 fully saturated rings. The van der Waals surface area contributed by atoms with Crippen molar-refractivity contribution in [1.29, 1.82) is 0 Å². The number of benzene rings is 2. The molecule has 576 valence electrons. The minimum Gasteiger partial charge on any atom is -0.850 e. The van der Waals surface area contributed by atoms with Crippen LogP contribution in [0, 0.1) is 41.5 Å². The maximum absolute atomic E-state index is 13.9. The van der Waals surface area contributed by atoms with Gasteiger partial charge in [0.15, 0.2) is 0 Å². The number of amides is 4. The molecule has 0 bridgehead atoms. The second-order valence-corrected chi connectivity index (χ2v) is 31.4. The van der Waals surface area contributed by atoms with Gasteiger partial charge in [-0.1, -0.05) is 44.1 Å². The second-order valence-electron chi connectivity index (χ2n) is 30.5. The Balaban J connectivity index is 0.000000307. The van der Waals surface area contributed by atoms with Crippen molar-refractivity contribution < 1.29 is 63.3 Å². The van der Waals surface area contributed by atoms with E-state index < -0.39 is 16.8 Å². The average Bonchev–Trinajstić information content (AvgIpc) is 1.33. The summed E-state index contributed by atoms with van der Waals surface area (Å²) in [7, 11) is 4.28. The number of nitrogens with two attached hydrogens (primary N) is 1. The van der Waals surface area contributed by atoms with Crippen LogP contribution >= 0.6 is 15.9 Å². The molecular weight excluding hydrogens is 1420 g/mol. The number of ether oxygens (including phenoxy) is 2. The van der Waals surface area contributed by atoms with Gasteiger partial charge in [-0.15, -0.1) is 5.60 Å². The van der Waals surface area contributed by atoms with Crippen LogP contribution in [0.15, 0.2) is 87.1 Å². The van der Waals surface area contributed by atoms with Crippen LogP contribution in [-0.2, 0) is 22.6 Å². The molecular formula is C79H118BrN16NaO9. The fourth-order valence-corrected chi connectivity index (χ4v) is 13.4. The van der Waals surface area contributed by atoms with Gasteiger partial charge in [-0.05, 0) is 207 Å². The first-order valence-corrected chi connectivity index (χ1v) is 37.0. The fraction of sp³-hybridized carbons (Fsp3) is 0.544. The molecule has 4 aromatic heterocycles. The van der Waals surface area contributed by atoms with E-state index >= 15 is 0 Å². The van der Waals surface area contributed by atoms with Crippen molar-refractivity contribution in [3.63, 3.8) is 0 Å². The van der Waals surface area contributed by atoms with E-state index in [0.29, 0.717) is 55.0 Å². The molecule has 106 heavy (non-hydrogen) atoms. The largest absolute Gasteiger partial charge is 1.00 e. The summed E-state index contributed by atoms with van der Waals surface area (Å²) in [4.78, 5) is 110. The Labute approximate surface area is 659 Å². The number of pyridine rings is 4. The number of aromatic nitrogens is 4. The van der Waals surface area contributed by atoms with Crippen LogP contribution in [-0.4, -0.2) is 198 Å². The normalized spacial score (nSPS) is 16.1. The first-order valence-electron chi connectivity index (χ1n) is 36.2. The Morgan fingerprint density at radius 3 is 1.35 bits per heavy atom. The smallest absolute Gasteiger partial charge is 0.850 e. The van der Waals surface area contributed by atoms with Crippen molar-refractivity contribution in [1.82, 2.24) is 50.2 Å². The van der Waals surface area contributed by atoms with E-state index in [1.54, 1.807) is 42.8 Å². The molecule has 0 radical (unpaired) electrons. The number of likely N-dealkylation sites (tertiary alicyclic amines) is 2. The summed E-state index contributed by atoms with van der Waals surface area (Å²) in [5.74, 6) is 1.46. The first kappa shape index (κ1) is 88.9. The van der Waals surface area contributed by atoms with Gasteiger partial charge in [-0.25, -0.2) is 19.6 Å². The number of nitrogens with zero attached hydrogens (tertiary/aromatic N) is 10. The maximum atomic E-state index is 13.9. The summed E-state index contributed by atoms with van der Waals surface area (Å²) in [6, 6.07) is 19.6. The predicted molar refractivity (Wildman–Crippen MR) is 426 cm³/mol. The van der Waals surface area contributed by atoms with Gasteiger partial charge in [0.05, 0.1) is 23.8 Å². The van der Waals surface area contributed by atoms with E-state index in [1.165, 1.54) is 0 Å². The number of aromatic amines is 2. The van der Waals surface area contributed by atoms with E-state index in [1.807, 2.05) is 138 Å². The van der Waals surface area contributed by atoms with Gasteiger partial charge in [0.25, 0.3) is 22.9 Å². The predicted octanol–water partition coefficient (Wildman–Crippen LogP) is 7.99. The number of hydrogen-bond acceptors (Lipinski definition) is 19. The Kier molecular flexibility index (Phi) is 33.0. The fourth-order valence-electron chi connectivity index (χ4n) is 12.9. The number of nitrogen functional groups attached to an aromatic ring is 1. The van der Waals surface area contributed by atoms with Crippen LogP contribution in [0.25, 0.3) is 0 Å². The molecule has 6 aromatic rings. The van der Waals surface area contributed by atoms with Crippen molar-refractivity contribution in [2.45, 2.75) is 180 Å². The third-order valence-electron chi connectivity index (χ3n) is 18.3. The maximum Gasteiger partial charge on any atom is 1.00 e. The van der Waals surface area contributed by atoms with Crippen LogP contribution in [0.4, 0.5) is 49.7 Å². The summed E-state index contributed by atoms with van der Waals surface area (Å²) < 4.78 is 12.0. The zero-order valence-electron chi connectivity index (χ0n) is 65.9. The van der Waals surface area contributed by atoms with Gasteiger partial charge >= 0.3 is 41.7 Å². The molecule has 10 rings (SSSR count). The van der Waals surface area contributed by atoms with Crippen molar-refractivity contribution in [3.05, 3.63) is 154 Å². The number of piperazine rings is 2. The molecule has 4 aliphatic heterocycles. The molecule has 27 heteroatoms. The van der Waals surface area contributed by atoms with Crippen LogP contribution in [0.5, 0.6) is 0 Å². The number of likely N-dealkylation sites (N-methyl/N-ethyl adjacent to an activating group) is 4. The summed E-state index contributed by atoms with van der Waals surface area (Å²) >= 11 is 3.57. The number of halogens is 1. The third-order valence-corrected chi connectivity index (χ3v) is 18.8. The number of H-pyrrole nitrogens is 2. The quantitative estimate of drug-likeness (QED) is 0.0501. The van der Waals surface area contributed by atoms with E-state index in [-0.39, 0.29) is 97.3 Å². The number of carbonyl (C=O) groups is 4. The zero-order valence-corrected chi connectivity index (χ0v) is 69.5. The van der Waals surface area contributed by atoms with E-state index in [2.05, 4.69) is 110 Å². The Bertz CT molecular complexity index is 4020. The molecule has 8 heterocycles. The molecule has 2 unspecified atom stereocenters. The molecule has 4 aliphatic rings. The number of anilines is 7. The standard InChI is InChI=1S/C37H52N8O4.C27H37BrN4O4.C10H16N4.C4H9O.CH4.Na/c1-9-45(29-12-13-44(23-29)36(48)49-37(5,6)7)32-20-28(41-27-10-11-33(38-21-27)43-16-14-42(8)15-17-43)19-30(26(32)4)34(46)39-22-31-24(2)18-25(3)40-35(31)47;1-8-32(20-9-10-31(15-20)26(35)36-27(5,6)7)23-13-19(28)12-21(18(23)4)24(33)29-14-22-16(2)11-17(3)30-25(22)34;1-13-4-6-14(7-5-13)10-3-2-9(11)8-12-10;1-4(2,3)5;;/h10-11,18-21,29,41H,9,12-17,22-23H2,1-8H3,(H,39,46)(H,40,47);11-13,20H,8-10,14-15H2,1-7H3,(H,29,33)(H,30,34);2-3,8H,4-7,11H2,1H3;1-3H3;1H4;/q;;;-1;;+1. The monoisotopic (exact) mass is 1540 g/mol. The van der Waals surface area contributed by atoms with Crippen molar-refractivity contribution in [2.75, 3.05) is 136 Å². The minimum absolute atomic E-state index is 0. The minimum atomic E-state index is -0.750. The topological polar surface area (TPSA) is 289 Å². The molecule has 2 atom stereocenters. The SMILES string of the molecule is C.CC(C)(C)[O-].CCN(c1cc(Br)cc(C(=O)NCc2c(C)cc(C)[nH]c2=O)c1C)C1CCN(C(=O)OC(C)(C)C)C1.CCN(c1cc(Nc2ccc(N3CCN(C)CC3)nc2)cc(C(=O)NCc2c(C)cc(C)[nH]c2=O)c1C)C1CCN(C(=O)OC(C)(C)C)C1.CN1CCN(c2ccc(N)cn2)CC1.[Na+]. The van der Waals surface area contributed by atoms with Gasteiger partial charge < -0.3 is 85.4 Å². The molecule has 25 nitrogen and oxygen atoms in total. The second kappa shape index (κ2) is 39.4. The van der Waals surface area contributed by atoms with E-state index in [4.69, 9.17) is 20.2 Å².